The largest absolute Gasteiger partial charge is 0.445 e. The molecule has 0 radical (unpaired) electrons. The fourth-order valence-corrected chi connectivity index (χ4v) is 6.23. The first-order valence-electron chi connectivity index (χ1n) is 12.9. The highest BCUT2D eigenvalue weighted by molar-refractivity contribution is 5.98. The van der Waals surface area contributed by atoms with Crippen LogP contribution >= 0.6 is 0 Å². The second-order valence-corrected chi connectivity index (χ2v) is 10.9. The Balaban J connectivity index is 1.23. The molecule has 1 aliphatic carbocycles. The SMILES string of the molecule is CC(=N)N(C(=N)C1CC2(CCN(C(=O)OCc3ccccc3)CC2)C1)C(C)CC1CCC(C)N1. The molecule has 7 nitrogen and oxygen atoms in total. The molecule has 3 N–H and O–H groups in total. The van der Waals surface area contributed by atoms with Crippen LogP contribution in [0.25, 0.3) is 0 Å². The highest BCUT2D eigenvalue weighted by Crippen LogP contribution is 2.53. The predicted molar refractivity (Wildman–Crippen MR) is 135 cm³/mol. The molecule has 3 aliphatic rings. The van der Waals surface area contributed by atoms with Crippen molar-refractivity contribution in [2.45, 2.75) is 90.4 Å². The molecule has 2 heterocycles. The van der Waals surface area contributed by atoms with Gasteiger partial charge in [-0.15, -0.1) is 0 Å². The first kappa shape index (κ1) is 24.7. The van der Waals surface area contributed by atoms with E-state index in [1.165, 1.54) is 12.8 Å². The Kier molecular flexibility index (Phi) is 7.60. The minimum atomic E-state index is -0.225. The van der Waals surface area contributed by atoms with E-state index in [1.54, 1.807) is 0 Å². The number of nitrogens with one attached hydrogen (secondary N) is 3. The van der Waals surface area contributed by atoms with E-state index >= 15 is 0 Å². The number of nitrogens with zero attached hydrogens (tertiary/aromatic N) is 2. The topological polar surface area (TPSA) is 92.5 Å². The molecule has 3 fully saturated rings. The molecule has 0 bridgehead atoms. The van der Waals surface area contributed by atoms with Crippen LogP contribution in [-0.2, 0) is 11.3 Å². The molecule has 1 aromatic rings. The van der Waals surface area contributed by atoms with Crippen molar-refractivity contribution in [3.63, 3.8) is 0 Å². The van der Waals surface area contributed by atoms with E-state index < -0.39 is 0 Å². The number of amidine groups is 2. The van der Waals surface area contributed by atoms with Crippen LogP contribution in [0.4, 0.5) is 4.79 Å². The molecule has 4 rings (SSSR count). The minimum Gasteiger partial charge on any atom is -0.445 e. The van der Waals surface area contributed by atoms with Gasteiger partial charge in [0.2, 0.25) is 0 Å². The van der Waals surface area contributed by atoms with Gasteiger partial charge in [0.15, 0.2) is 0 Å². The van der Waals surface area contributed by atoms with Crippen molar-refractivity contribution in [1.29, 1.82) is 10.8 Å². The van der Waals surface area contributed by atoms with E-state index in [4.69, 9.17) is 15.6 Å². The Bertz CT molecular complexity index is 872. The Morgan fingerprint density at radius 3 is 2.47 bits per heavy atom. The summed E-state index contributed by atoms with van der Waals surface area (Å²) in [6.07, 6.45) is 7.07. The van der Waals surface area contributed by atoms with Gasteiger partial charge < -0.3 is 19.9 Å². The zero-order valence-electron chi connectivity index (χ0n) is 21.0. The fourth-order valence-electron chi connectivity index (χ4n) is 6.23. The van der Waals surface area contributed by atoms with E-state index in [9.17, 15) is 4.79 Å². The van der Waals surface area contributed by atoms with E-state index in [-0.39, 0.29) is 23.5 Å². The van der Waals surface area contributed by atoms with Gasteiger partial charge in [0, 0.05) is 37.1 Å². The lowest BCUT2D eigenvalue weighted by molar-refractivity contribution is 0.00378. The second kappa shape index (κ2) is 10.5. The van der Waals surface area contributed by atoms with Crippen LogP contribution in [0, 0.1) is 22.2 Å². The molecule has 1 saturated carbocycles. The van der Waals surface area contributed by atoms with E-state index in [1.807, 2.05) is 47.1 Å². The summed E-state index contributed by atoms with van der Waals surface area (Å²) >= 11 is 0. The van der Waals surface area contributed by atoms with Gasteiger partial charge in [0.25, 0.3) is 0 Å². The van der Waals surface area contributed by atoms with Crippen LogP contribution in [0.3, 0.4) is 0 Å². The van der Waals surface area contributed by atoms with Gasteiger partial charge in [-0.25, -0.2) is 4.79 Å². The van der Waals surface area contributed by atoms with Crippen LogP contribution < -0.4 is 5.32 Å². The van der Waals surface area contributed by atoms with Gasteiger partial charge in [-0.05, 0) is 76.7 Å². The smallest absolute Gasteiger partial charge is 0.410 e. The Morgan fingerprint density at radius 1 is 1.21 bits per heavy atom. The normalized spacial score (nSPS) is 25.0. The third kappa shape index (κ3) is 5.62. The Labute approximate surface area is 204 Å². The summed E-state index contributed by atoms with van der Waals surface area (Å²) in [5.41, 5.74) is 1.24. The van der Waals surface area contributed by atoms with Gasteiger partial charge in [-0.1, -0.05) is 30.3 Å². The predicted octanol–water partition coefficient (Wildman–Crippen LogP) is 5.01. The third-order valence-corrected chi connectivity index (χ3v) is 8.19. The molecule has 0 aromatic heterocycles. The lowest BCUT2D eigenvalue weighted by Gasteiger charge is -2.53. The zero-order chi connectivity index (χ0) is 24.3. The standard InChI is InChI=1S/C27H41N5O2/c1-19-9-10-24(30-19)15-20(2)32(21(3)28)25(29)23-16-27(17-23)11-13-31(14-12-27)26(33)34-18-22-7-5-4-6-8-22/h4-8,19-20,23-24,28-30H,9-18H2,1-3H3. The molecule has 2 aliphatic heterocycles. The van der Waals surface area contributed by atoms with Crippen molar-refractivity contribution in [3.8, 4) is 0 Å². The highest BCUT2D eigenvalue weighted by atomic mass is 16.6. The summed E-state index contributed by atoms with van der Waals surface area (Å²) in [7, 11) is 0. The maximum Gasteiger partial charge on any atom is 0.410 e. The van der Waals surface area contributed by atoms with Crippen LogP contribution in [0.15, 0.2) is 30.3 Å². The number of rotatable bonds is 6. The number of piperidine rings is 1. The number of carbonyl (C=O) groups is 1. The molecular weight excluding hydrogens is 426 g/mol. The van der Waals surface area contributed by atoms with Gasteiger partial charge >= 0.3 is 6.09 Å². The third-order valence-electron chi connectivity index (χ3n) is 8.19. The summed E-state index contributed by atoms with van der Waals surface area (Å²) in [6.45, 7) is 7.96. The molecule has 1 aromatic carbocycles. The molecule has 7 heteroatoms. The fraction of sp³-hybridized carbons (Fsp3) is 0.667. The lowest BCUT2D eigenvalue weighted by Crippen LogP contribution is -2.54. The average Bonchev–Trinajstić information content (AvgIpc) is 3.20. The lowest BCUT2D eigenvalue weighted by atomic mass is 9.57. The summed E-state index contributed by atoms with van der Waals surface area (Å²) in [5.74, 6) is 1.30. The molecule has 2 saturated heterocycles. The van der Waals surface area contributed by atoms with Crippen molar-refractivity contribution in [1.82, 2.24) is 15.1 Å². The zero-order valence-corrected chi connectivity index (χ0v) is 21.0. The number of ether oxygens (including phenoxy) is 1. The molecule has 3 unspecified atom stereocenters. The number of amides is 1. The van der Waals surface area contributed by atoms with Crippen molar-refractivity contribution in [3.05, 3.63) is 35.9 Å². The molecule has 1 spiro atoms. The van der Waals surface area contributed by atoms with Gasteiger partial charge in [-0.3, -0.25) is 10.8 Å². The maximum absolute atomic E-state index is 12.5. The maximum atomic E-state index is 12.5. The van der Waals surface area contributed by atoms with Crippen molar-refractivity contribution in [2.24, 2.45) is 11.3 Å². The van der Waals surface area contributed by atoms with Crippen LogP contribution in [-0.4, -0.2) is 58.8 Å². The number of likely N-dealkylation sites (tertiary alicyclic amines) is 1. The molecule has 34 heavy (non-hydrogen) atoms. The minimum absolute atomic E-state index is 0.158. The van der Waals surface area contributed by atoms with Gasteiger partial charge in [0.05, 0.1) is 5.84 Å². The molecular formula is C27H41N5O2. The van der Waals surface area contributed by atoms with Gasteiger partial charge in [0.1, 0.15) is 12.4 Å². The number of benzene rings is 1. The number of hydrogen-bond acceptors (Lipinski definition) is 5. The monoisotopic (exact) mass is 467 g/mol. The Hall–Kier alpha value is -2.41. The summed E-state index contributed by atoms with van der Waals surface area (Å²) in [6, 6.07) is 11.0. The molecule has 186 valence electrons. The quantitative estimate of drug-likeness (QED) is 0.405. The number of hydrogen-bond donors (Lipinski definition) is 3. The van der Waals surface area contributed by atoms with Crippen LogP contribution in [0.2, 0.25) is 0 Å². The first-order valence-corrected chi connectivity index (χ1v) is 12.9. The van der Waals surface area contributed by atoms with E-state index in [0.29, 0.717) is 30.4 Å². The van der Waals surface area contributed by atoms with Crippen LogP contribution in [0.5, 0.6) is 0 Å². The van der Waals surface area contributed by atoms with Crippen molar-refractivity contribution < 1.29 is 9.53 Å². The number of carbonyl (C=O) groups excluding carboxylic acids is 1. The van der Waals surface area contributed by atoms with Crippen LogP contribution in [0.1, 0.15) is 71.3 Å². The first-order chi connectivity index (χ1) is 16.3. The summed E-state index contributed by atoms with van der Waals surface area (Å²) < 4.78 is 5.51. The van der Waals surface area contributed by atoms with Crippen molar-refractivity contribution >= 4 is 17.8 Å². The molecule has 1 amide bonds. The van der Waals surface area contributed by atoms with Crippen molar-refractivity contribution in [2.75, 3.05) is 13.1 Å². The van der Waals surface area contributed by atoms with E-state index in [0.717, 1.165) is 50.8 Å². The van der Waals surface area contributed by atoms with E-state index in [2.05, 4.69) is 19.2 Å². The Morgan fingerprint density at radius 2 is 1.88 bits per heavy atom. The average molecular weight is 468 g/mol. The summed E-state index contributed by atoms with van der Waals surface area (Å²) in [5, 5.41) is 20.9. The second-order valence-electron chi connectivity index (χ2n) is 10.9. The summed E-state index contributed by atoms with van der Waals surface area (Å²) in [4.78, 5) is 16.3. The highest BCUT2D eigenvalue weighted by Gasteiger charge is 2.49. The molecule has 3 atom stereocenters. The van der Waals surface area contributed by atoms with Gasteiger partial charge in [-0.2, -0.15) is 0 Å².